The van der Waals surface area contributed by atoms with Crippen LogP contribution in [-0.4, -0.2) is 20.9 Å². The van der Waals surface area contributed by atoms with Gasteiger partial charge in [0.2, 0.25) is 0 Å². The average molecular weight is 381 g/mol. The van der Waals surface area contributed by atoms with Crippen LogP contribution in [-0.2, 0) is 22.6 Å². The molecule has 0 amide bonds. The number of aryl methyl sites for hydroxylation is 1. The summed E-state index contributed by atoms with van der Waals surface area (Å²) in [5.74, 6) is -0.239. The molecule has 5 nitrogen and oxygen atoms in total. The normalized spacial score (nSPS) is 10.9. The molecule has 0 spiro atoms. The Morgan fingerprint density at radius 2 is 1.96 bits per heavy atom. The van der Waals surface area contributed by atoms with Gasteiger partial charge in [-0.25, -0.2) is 9.97 Å². The van der Waals surface area contributed by atoms with Gasteiger partial charge in [-0.2, -0.15) is 0 Å². The Morgan fingerprint density at radius 1 is 1.08 bits per heavy atom. The van der Waals surface area contributed by atoms with E-state index in [2.05, 4.69) is 15.0 Å². The van der Waals surface area contributed by atoms with E-state index in [1.807, 2.05) is 47.8 Å². The Hall–Kier alpha value is -2.64. The maximum atomic E-state index is 12.0. The van der Waals surface area contributed by atoms with Gasteiger partial charge in [0.1, 0.15) is 11.6 Å². The summed E-state index contributed by atoms with van der Waals surface area (Å²) in [6.45, 7) is 0.183. The van der Waals surface area contributed by atoms with Crippen LogP contribution in [0.2, 0.25) is 0 Å². The van der Waals surface area contributed by atoms with E-state index >= 15 is 0 Å². The molecule has 26 heavy (non-hydrogen) atoms. The van der Waals surface area contributed by atoms with Gasteiger partial charge in [-0.05, 0) is 24.3 Å². The zero-order valence-electron chi connectivity index (χ0n) is 13.8. The lowest BCUT2D eigenvalue weighted by molar-refractivity contribution is -0.145. The lowest BCUT2D eigenvalue weighted by atomic mass is 10.3. The van der Waals surface area contributed by atoms with Gasteiger partial charge in [0.15, 0.2) is 0 Å². The fourth-order valence-corrected chi connectivity index (χ4v) is 4.19. The molecule has 0 atom stereocenters. The molecule has 0 saturated carbocycles. The van der Waals surface area contributed by atoms with Crippen molar-refractivity contribution in [1.29, 1.82) is 0 Å². The van der Waals surface area contributed by atoms with Crippen molar-refractivity contribution in [3.63, 3.8) is 0 Å². The van der Waals surface area contributed by atoms with Crippen LogP contribution in [0.3, 0.4) is 0 Å². The summed E-state index contributed by atoms with van der Waals surface area (Å²) in [4.78, 5) is 25.3. The highest BCUT2D eigenvalue weighted by Gasteiger charge is 2.10. The number of rotatable bonds is 6. The molecule has 0 radical (unpaired) electrons. The van der Waals surface area contributed by atoms with Crippen LogP contribution in [0.1, 0.15) is 17.1 Å². The van der Waals surface area contributed by atoms with Crippen molar-refractivity contribution in [2.45, 2.75) is 19.4 Å². The predicted molar refractivity (Wildman–Crippen MR) is 103 cm³/mol. The van der Waals surface area contributed by atoms with Crippen LogP contribution in [0.15, 0.2) is 54.0 Å². The fourth-order valence-electron chi connectivity index (χ4n) is 2.44. The molecule has 4 aromatic rings. The second-order valence-electron chi connectivity index (χ2n) is 5.59. The van der Waals surface area contributed by atoms with Crippen molar-refractivity contribution in [2.75, 3.05) is 0 Å². The van der Waals surface area contributed by atoms with Crippen molar-refractivity contribution < 1.29 is 9.53 Å². The standard InChI is InChI=1S/C19H15N3O2S2/c23-18(9-8-17-22-14-5-1-2-7-16(14)26-17)24-11-13-12-25-19(21-13)15-6-3-4-10-20-15/h1-7,10,12H,8-9,11H2. The third-order valence-electron chi connectivity index (χ3n) is 3.70. The smallest absolute Gasteiger partial charge is 0.306 e. The van der Waals surface area contributed by atoms with Crippen LogP contribution in [0.25, 0.3) is 20.9 Å². The molecule has 4 rings (SSSR count). The van der Waals surface area contributed by atoms with Crippen LogP contribution < -0.4 is 0 Å². The maximum Gasteiger partial charge on any atom is 0.306 e. The minimum absolute atomic E-state index is 0.183. The summed E-state index contributed by atoms with van der Waals surface area (Å²) >= 11 is 3.11. The van der Waals surface area contributed by atoms with E-state index in [0.717, 1.165) is 31.6 Å². The van der Waals surface area contributed by atoms with Crippen molar-refractivity contribution in [2.24, 2.45) is 0 Å². The number of hydrogen-bond donors (Lipinski definition) is 0. The summed E-state index contributed by atoms with van der Waals surface area (Å²) in [5.41, 5.74) is 2.54. The van der Waals surface area contributed by atoms with Gasteiger partial charge < -0.3 is 4.74 Å². The minimum atomic E-state index is -0.239. The summed E-state index contributed by atoms with van der Waals surface area (Å²) in [6, 6.07) is 13.7. The molecule has 0 aliphatic heterocycles. The van der Waals surface area contributed by atoms with Crippen LogP contribution >= 0.6 is 22.7 Å². The Bertz CT molecular complexity index is 994. The highest BCUT2D eigenvalue weighted by atomic mass is 32.1. The number of esters is 1. The molecular weight excluding hydrogens is 366 g/mol. The van der Waals surface area contributed by atoms with Crippen molar-refractivity contribution in [3.8, 4) is 10.7 Å². The van der Waals surface area contributed by atoms with E-state index < -0.39 is 0 Å². The van der Waals surface area contributed by atoms with E-state index in [1.165, 1.54) is 11.3 Å². The van der Waals surface area contributed by atoms with E-state index in [0.29, 0.717) is 12.8 Å². The minimum Gasteiger partial charge on any atom is -0.459 e. The third-order valence-corrected chi connectivity index (χ3v) is 5.71. The highest BCUT2D eigenvalue weighted by Crippen LogP contribution is 2.23. The first-order valence-electron chi connectivity index (χ1n) is 8.14. The van der Waals surface area contributed by atoms with Crippen molar-refractivity contribution in [1.82, 2.24) is 15.0 Å². The predicted octanol–water partition coefficient (Wildman–Crippen LogP) is 4.49. The van der Waals surface area contributed by atoms with Crippen molar-refractivity contribution in [3.05, 3.63) is 64.7 Å². The molecule has 1 aromatic carbocycles. The quantitative estimate of drug-likeness (QED) is 0.460. The molecule has 0 fully saturated rings. The van der Waals surface area contributed by atoms with E-state index in [-0.39, 0.29) is 12.6 Å². The first-order valence-corrected chi connectivity index (χ1v) is 9.83. The maximum absolute atomic E-state index is 12.0. The number of pyridine rings is 1. The van der Waals surface area contributed by atoms with Gasteiger partial charge in [0.25, 0.3) is 0 Å². The zero-order valence-corrected chi connectivity index (χ0v) is 15.4. The number of hydrogen-bond acceptors (Lipinski definition) is 7. The van der Waals surface area contributed by atoms with E-state index in [4.69, 9.17) is 4.74 Å². The van der Waals surface area contributed by atoms with Crippen molar-refractivity contribution >= 4 is 38.9 Å². The van der Waals surface area contributed by atoms with Gasteiger partial charge in [-0.3, -0.25) is 9.78 Å². The third kappa shape index (κ3) is 3.95. The second-order valence-corrected chi connectivity index (χ2v) is 7.57. The number of nitrogens with zero attached hydrogens (tertiary/aromatic N) is 3. The topological polar surface area (TPSA) is 65.0 Å². The summed E-state index contributed by atoms with van der Waals surface area (Å²) in [5, 5.41) is 3.67. The van der Waals surface area contributed by atoms with Gasteiger partial charge >= 0.3 is 5.97 Å². The van der Waals surface area contributed by atoms with Gasteiger partial charge in [-0.1, -0.05) is 18.2 Å². The number of para-hydroxylation sites is 1. The van der Waals surface area contributed by atoms with E-state index in [1.54, 1.807) is 17.5 Å². The average Bonchev–Trinajstić information content (AvgIpc) is 3.32. The van der Waals surface area contributed by atoms with Gasteiger partial charge in [0, 0.05) is 18.0 Å². The molecule has 0 aliphatic rings. The first kappa shape index (κ1) is 16.8. The first-order chi connectivity index (χ1) is 12.8. The Balaban J connectivity index is 1.29. The summed E-state index contributed by atoms with van der Waals surface area (Å²) < 4.78 is 6.47. The molecule has 0 aliphatic carbocycles. The molecule has 3 aromatic heterocycles. The lowest BCUT2D eigenvalue weighted by Crippen LogP contribution is -2.06. The fraction of sp³-hybridized carbons (Fsp3) is 0.158. The van der Waals surface area contributed by atoms with Crippen LogP contribution in [0.5, 0.6) is 0 Å². The largest absolute Gasteiger partial charge is 0.459 e. The SMILES string of the molecule is O=C(CCc1nc2ccccc2s1)OCc1csc(-c2ccccn2)n1. The Kier molecular flexibility index (Phi) is 4.99. The molecular formula is C19H15N3O2S2. The van der Waals surface area contributed by atoms with Crippen LogP contribution in [0.4, 0.5) is 0 Å². The van der Waals surface area contributed by atoms with E-state index in [9.17, 15) is 4.79 Å². The highest BCUT2D eigenvalue weighted by molar-refractivity contribution is 7.18. The molecule has 7 heteroatoms. The summed E-state index contributed by atoms with van der Waals surface area (Å²) in [7, 11) is 0. The number of benzene rings is 1. The van der Waals surface area contributed by atoms with Gasteiger partial charge in [-0.15, -0.1) is 22.7 Å². The number of carbonyl (C=O) groups excluding carboxylic acids is 1. The number of carbonyl (C=O) groups is 1. The Morgan fingerprint density at radius 3 is 2.81 bits per heavy atom. The number of fused-ring (bicyclic) bond motifs is 1. The molecule has 130 valence electrons. The second kappa shape index (κ2) is 7.72. The number of ether oxygens (including phenoxy) is 1. The Labute approximate surface area is 158 Å². The molecule has 0 N–H and O–H groups in total. The zero-order chi connectivity index (χ0) is 17.8. The number of aromatic nitrogens is 3. The van der Waals surface area contributed by atoms with Gasteiger partial charge in [0.05, 0.1) is 33.0 Å². The summed E-state index contributed by atoms with van der Waals surface area (Å²) in [6.07, 6.45) is 2.64. The van der Waals surface area contributed by atoms with Crippen LogP contribution in [0, 0.1) is 0 Å². The molecule has 3 heterocycles. The number of thiazole rings is 2. The molecule has 0 saturated heterocycles. The monoisotopic (exact) mass is 381 g/mol. The molecule has 0 unspecified atom stereocenters. The molecule has 0 bridgehead atoms. The lowest BCUT2D eigenvalue weighted by Gasteiger charge is -2.01.